The lowest BCUT2D eigenvalue weighted by Gasteiger charge is -2.02. The van der Waals surface area contributed by atoms with Crippen LogP contribution in [-0.2, 0) is 14.3 Å². The molecule has 1 heterocycles. The van der Waals surface area contributed by atoms with Crippen LogP contribution in [0, 0.1) is 17.8 Å². The SMILES string of the molecule is CCOC(=O)C1C2COCC21. The van der Waals surface area contributed by atoms with Gasteiger partial charge in [-0.1, -0.05) is 0 Å². The lowest BCUT2D eigenvalue weighted by atomic mass is 10.3. The third kappa shape index (κ3) is 1.03. The Kier molecular flexibility index (Phi) is 1.60. The summed E-state index contributed by atoms with van der Waals surface area (Å²) in [7, 11) is 0. The summed E-state index contributed by atoms with van der Waals surface area (Å²) < 4.78 is 10.1. The zero-order valence-electron chi connectivity index (χ0n) is 6.58. The van der Waals surface area contributed by atoms with Crippen molar-refractivity contribution in [3.63, 3.8) is 0 Å². The van der Waals surface area contributed by atoms with Crippen molar-refractivity contribution < 1.29 is 14.3 Å². The van der Waals surface area contributed by atoms with Gasteiger partial charge in [0, 0.05) is 11.8 Å². The van der Waals surface area contributed by atoms with Gasteiger partial charge in [0.25, 0.3) is 0 Å². The van der Waals surface area contributed by atoms with Gasteiger partial charge in [-0.15, -0.1) is 0 Å². The van der Waals surface area contributed by atoms with Crippen LogP contribution in [0.25, 0.3) is 0 Å². The average molecular weight is 156 g/mol. The van der Waals surface area contributed by atoms with Gasteiger partial charge in [0.2, 0.25) is 0 Å². The number of hydrogen-bond donors (Lipinski definition) is 0. The maximum absolute atomic E-state index is 11.1. The highest BCUT2D eigenvalue weighted by molar-refractivity contribution is 5.76. The fourth-order valence-corrected chi connectivity index (χ4v) is 1.83. The highest BCUT2D eigenvalue weighted by Crippen LogP contribution is 2.51. The molecule has 1 aliphatic heterocycles. The molecule has 1 saturated heterocycles. The van der Waals surface area contributed by atoms with Gasteiger partial charge in [-0.25, -0.2) is 0 Å². The van der Waals surface area contributed by atoms with Gasteiger partial charge in [-0.05, 0) is 6.92 Å². The molecule has 62 valence electrons. The second kappa shape index (κ2) is 2.48. The molecule has 0 radical (unpaired) electrons. The van der Waals surface area contributed by atoms with Crippen molar-refractivity contribution in [2.24, 2.45) is 17.8 Å². The number of rotatable bonds is 2. The van der Waals surface area contributed by atoms with Crippen molar-refractivity contribution in [1.82, 2.24) is 0 Å². The maximum Gasteiger partial charge on any atom is 0.309 e. The fraction of sp³-hybridized carbons (Fsp3) is 0.875. The number of carbonyl (C=O) groups is 1. The normalized spacial score (nSPS) is 39.9. The molecule has 2 aliphatic rings. The number of hydrogen-bond acceptors (Lipinski definition) is 3. The smallest absolute Gasteiger partial charge is 0.309 e. The number of esters is 1. The summed E-state index contributed by atoms with van der Waals surface area (Å²) in [5, 5.41) is 0. The van der Waals surface area contributed by atoms with Crippen LogP contribution < -0.4 is 0 Å². The third-order valence-corrected chi connectivity index (χ3v) is 2.51. The van der Waals surface area contributed by atoms with Crippen molar-refractivity contribution in [2.75, 3.05) is 19.8 Å². The van der Waals surface area contributed by atoms with Crippen molar-refractivity contribution >= 4 is 5.97 Å². The summed E-state index contributed by atoms with van der Waals surface area (Å²) in [5.41, 5.74) is 0. The Morgan fingerprint density at radius 2 is 2.18 bits per heavy atom. The minimum absolute atomic E-state index is 0.0224. The molecule has 11 heavy (non-hydrogen) atoms. The molecule has 2 unspecified atom stereocenters. The Bertz CT molecular complexity index is 168. The van der Waals surface area contributed by atoms with E-state index in [2.05, 4.69) is 0 Å². The summed E-state index contributed by atoms with van der Waals surface area (Å²) in [6, 6.07) is 0. The highest BCUT2D eigenvalue weighted by atomic mass is 16.5. The first kappa shape index (κ1) is 7.10. The first-order valence-electron chi connectivity index (χ1n) is 4.09. The van der Waals surface area contributed by atoms with E-state index in [9.17, 15) is 4.79 Å². The first-order valence-corrected chi connectivity index (χ1v) is 4.09. The van der Waals surface area contributed by atoms with Crippen LogP contribution in [0.4, 0.5) is 0 Å². The molecule has 0 spiro atoms. The molecule has 2 rings (SSSR count). The van der Waals surface area contributed by atoms with Crippen molar-refractivity contribution in [3.05, 3.63) is 0 Å². The quantitative estimate of drug-likeness (QED) is 0.544. The largest absolute Gasteiger partial charge is 0.466 e. The van der Waals surface area contributed by atoms with Crippen LogP contribution in [0.3, 0.4) is 0 Å². The first-order chi connectivity index (χ1) is 5.34. The third-order valence-electron chi connectivity index (χ3n) is 2.51. The van der Waals surface area contributed by atoms with Crippen molar-refractivity contribution in [2.45, 2.75) is 6.92 Å². The summed E-state index contributed by atoms with van der Waals surface area (Å²) >= 11 is 0. The standard InChI is InChI=1S/C8H12O3/c1-2-11-8(9)7-5-3-10-4-6(5)7/h5-7H,2-4H2,1H3. The van der Waals surface area contributed by atoms with Gasteiger partial charge in [0.05, 0.1) is 25.7 Å². The van der Waals surface area contributed by atoms with Crippen molar-refractivity contribution in [3.8, 4) is 0 Å². The molecular formula is C8H12O3. The molecule has 0 amide bonds. The number of ether oxygens (including phenoxy) is 2. The van der Waals surface area contributed by atoms with Gasteiger partial charge in [-0.3, -0.25) is 4.79 Å². The molecule has 3 nitrogen and oxygen atoms in total. The summed E-state index contributed by atoms with van der Waals surface area (Å²) in [6.07, 6.45) is 0. The summed E-state index contributed by atoms with van der Waals surface area (Å²) in [6.45, 7) is 3.85. The van der Waals surface area contributed by atoms with E-state index in [1.807, 2.05) is 6.92 Å². The van der Waals surface area contributed by atoms with Gasteiger partial charge in [0.1, 0.15) is 0 Å². The van der Waals surface area contributed by atoms with Crippen LogP contribution >= 0.6 is 0 Å². The molecule has 0 N–H and O–H groups in total. The summed E-state index contributed by atoms with van der Waals surface area (Å²) in [5.74, 6) is 1.11. The highest BCUT2D eigenvalue weighted by Gasteiger charge is 2.58. The Morgan fingerprint density at radius 3 is 2.73 bits per heavy atom. The minimum atomic E-state index is -0.0224. The van der Waals surface area contributed by atoms with E-state index >= 15 is 0 Å². The van der Waals surface area contributed by atoms with E-state index < -0.39 is 0 Å². The molecular weight excluding hydrogens is 144 g/mol. The van der Waals surface area contributed by atoms with Crippen LogP contribution in [0.15, 0.2) is 0 Å². The molecule has 0 aromatic rings. The van der Waals surface area contributed by atoms with Crippen LogP contribution in [0.2, 0.25) is 0 Å². The average Bonchev–Trinajstić information content (AvgIpc) is 2.47. The van der Waals surface area contributed by atoms with Gasteiger partial charge < -0.3 is 9.47 Å². The van der Waals surface area contributed by atoms with E-state index in [-0.39, 0.29) is 11.9 Å². The van der Waals surface area contributed by atoms with Gasteiger partial charge in [-0.2, -0.15) is 0 Å². The predicted octanol–water partition coefficient (Wildman–Crippen LogP) is 0.442. The lowest BCUT2D eigenvalue weighted by Crippen LogP contribution is -2.12. The van der Waals surface area contributed by atoms with Crippen LogP contribution in [-0.4, -0.2) is 25.8 Å². The Hall–Kier alpha value is -0.570. The minimum Gasteiger partial charge on any atom is -0.466 e. The Labute approximate surface area is 65.7 Å². The van der Waals surface area contributed by atoms with Crippen LogP contribution in [0.5, 0.6) is 0 Å². The predicted molar refractivity (Wildman–Crippen MR) is 37.9 cm³/mol. The Morgan fingerprint density at radius 1 is 1.55 bits per heavy atom. The van der Waals surface area contributed by atoms with E-state index in [1.54, 1.807) is 0 Å². The van der Waals surface area contributed by atoms with E-state index in [0.717, 1.165) is 13.2 Å². The monoisotopic (exact) mass is 156 g/mol. The molecule has 0 aromatic carbocycles. The van der Waals surface area contributed by atoms with E-state index in [0.29, 0.717) is 18.4 Å². The molecule has 3 heteroatoms. The van der Waals surface area contributed by atoms with Crippen molar-refractivity contribution in [1.29, 1.82) is 0 Å². The van der Waals surface area contributed by atoms with Gasteiger partial charge in [0.15, 0.2) is 0 Å². The molecule has 1 saturated carbocycles. The van der Waals surface area contributed by atoms with Crippen LogP contribution in [0.1, 0.15) is 6.92 Å². The second-order valence-electron chi connectivity index (χ2n) is 3.14. The van der Waals surface area contributed by atoms with E-state index in [1.165, 1.54) is 0 Å². The number of carbonyl (C=O) groups excluding carboxylic acids is 1. The lowest BCUT2D eigenvalue weighted by molar-refractivity contribution is -0.146. The topological polar surface area (TPSA) is 35.5 Å². The number of fused-ring (bicyclic) bond motifs is 1. The fourth-order valence-electron chi connectivity index (χ4n) is 1.83. The molecule has 0 aromatic heterocycles. The maximum atomic E-state index is 11.1. The molecule has 2 fully saturated rings. The zero-order chi connectivity index (χ0) is 7.84. The van der Waals surface area contributed by atoms with E-state index in [4.69, 9.17) is 9.47 Å². The summed E-state index contributed by atoms with van der Waals surface area (Å²) in [4.78, 5) is 11.1. The molecule has 1 aliphatic carbocycles. The molecule has 2 atom stereocenters. The van der Waals surface area contributed by atoms with Gasteiger partial charge >= 0.3 is 5.97 Å². The Balaban J connectivity index is 1.85. The molecule has 0 bridgehead atoms. The second-order valence-corrected chi connectivity index (χ2v) is 3.14. The zero-order valence-corrected chi connectivity index (χ0v) is 6.58.